The Bertz CT molecular complexity index is 507. The molecule has 0 aliphatic rings. The highest BCUT2D eigenvalue weighted by Crippen LogP contribution is 2.02. The van der Waals surface area contributed by atoms with Gasteiger partial charge in [0.2, 0.25) is 0 Å². The maximum atomic E-state index is 11.2. The van der Waals surface area contributed by atoms with Crippen molar-refractivity contribution in [2.24, 2.45) is 5.10 Å². The molecular formula is C15H20ClN3O4. The number of halogens is 1. The van der Waals surface area contributed by atoms with Gasteiger partial charge in [-0.15, -0.1) is 17.6 Å². The lowest BCUT2D eigenvalue weighted by Gasteiger charge is -2.16. The van der Waals surface area contributed by atoms with Gasteiger partial charge in [-0.3, -0.25) is 10.1 Å². The summed E-state index contributed by atoms with van der Waals surface area (Å²) in [7, 11) is 0. The van der Waals surface area contributed by atoms with Crippen LogP contribution in [0.1, 0.15) is 12.0 Å². The summed E-state index contributed by atoms with van der Waals surface area (Å²) in [6.07, 6.45) is 3.12. The third-order valence-corrected chi connectivity index (χ3v) is 2.49. The predicted octanol–water partition coefficient (Wildman–Crippen LogP) is 1.76. The van der Waals surface area contributed by atoms with Crippen LogP contribution >= 0.6 is 12.4 Å². The van der Waals surface area contributed by atoms with Gasteiger partial charge < -0.3 is 4.74 Å². The second kappa shape index (κ2) is 13.5. The van der Waals surface area contributed by atoms with Crippen LogP contribution in [0.15, 0.2) is 48.1 Å². The lowest BCUT2D eigenvalue weighted by molar-refractivity contribution is -0.174. The molecule has 0 spiro atoms. The first-order valence-corrected chi connectivity index (χ1v) is 6.75. The van der Waals surface area contributed by atoms with E-state index in [4.69, 9.17) is 9.57 Å². The maximum absolute atomic E-state index is 11.2. The average molecular weight is 342 g/mol. The summed E-state index contributed by atoms with van der Waals surface area (Å²) >= 11 is 0. The van der Waals surface area contributed by atoms with Crippen molar-refractivity contribution in [3.63, 3.8) is 0 Å². The predicted molar refractivity (Wildman–Crippen MR) is 87.1 cm³/mol. The highest BCUT2D eigenvalue weighted by Gasteiger charge is 2.04. The standard InChI is InChI=1S/C15H19N3O4.ClH/c1-2-10-21-15(20)8-9-16-12-18(17-13-19)22-11-14-6-4-3-5-7-14;/h2-7,16H,1,8-12H2;1H. The van der Waals surface area contributed by atoms with Crippen molar-refractivity contribution in [3.8, 4) is 0 Å². The summed E-state index contributed by atoms with van der Waals surface area (Å²) in [5.41, 5.74) is 0.946. The van der Waals surface area contributed by atoms with Crippen molar-refractivity contribution in [2.75, 3.05) is 19.8 Å². The van der Waals surface area contributed by atoms with Crippen LogP contribution in [0.5, 0.6) is 0 Å². The molecule has 1 aromatic rings. The van der Waals surface area contributed by atoms with Crippen molar-refractivity contribution in [1.82, 2.24) is 10.5 Å². The fourth-order valence-corrected chi connectivity index (χ4v) is 1.47. The van der Waals surface area contributed by atoms with Gasteiger partial charge in [0, 0.05) is 6.54 Å². The van der Waals surface area contributed by atoms with Crippen LogP contribution in [0, 0.1) is 0 Å². The van der Waals surface area contributed by atoms with Crippen molar-refractivity contribution in [2.45, 2.75) is 13.0 Å². The molecule has 1 rings (SSSR count). The summed E-state index contributed by atoms with van der Waals surface area (Å²) in [6, 6.07) is 9.47. The van der Waals surface area contributed by atoms with Gasteiger partial charge in [-0.25, -0.2) is 9.63 Å². The Hall–Kier alpha value is -2.18. The second-order valence-corrected chi connectivity index (χ2v) is 4.18. The van der Waals surface area contributed by atoms with Crippen molar-refractivity contribution in [3.05, 3.63) is 48.6 Å². The number of carbonyl (C=O) groups excluding carboxylic acids is 2. The van der Waals surface area contributed by atoms with E-state index >= 15 is 0 Å². The summed E-state index contributed by atoms with van der Waals surface area (Å²) in [5.74, 6) is -0.331. The van der Waals surface area contributed by atoms with Crippen molar-refractivity contribution < 1.29 is 19.2 Å². The van der Waals surface area contributed by atoms with E-state index in [-0.39, 0.29) is 44.7 Å². The lowest BCUT2D eigenvalue weighted by Crippen LogP contribution is -2.32. The number of carbonyl (C=O) groups is 1. The lowest BCUT2D eigenvalue weighted by atomic mass is 10.2. The van der Waals surface area contributed by atoms with Crippen LogP contribution in [-0.4, -0.2) is 37.0 Å². The van der Waals surface area contributed by atoms with E-state index in [2.05, 4.69) is 17.0 Å². The molecule has 0 aliphatic carbocycles. The molecule has 0 radical (unpaired) electrons. The fraction of sp³-hybridized carbons (Fsp3) is 0.333. The Kier molecular flexibility index (Phi) is 12.2. The first-order chi connectivity index (χ1) is 10.8. The van der Waals surface area contributed by atoms with Gasteiger partial charge in [-0.2, -0.15) is 0 Å². The first kappa shape index (κ1) is 20.8. The Morgan fingerprint density at radius 1 is 1.39 bits per heavy atom. The van der Waals surface area contributed by atoms with Crippen molar-refractivity contribution in [1.29, 1.82) is 0 Å². The molecule has 8 heteroatoms. The van der Waals surface area contributed by atoms with Gasteiger partial charge in [0.15, 0.2) is 0 Å². The zero-order chi connectivity index (χ0) is 16.0. The SMILES string of the molecule is C=CCOC(=O)CCNCN(N=C=O)OCc1ccccc1.Cl. The topological polar surface area (TPSA) is 80.2 Å². The minimum atomic E-state index is -0.331. The fourth-order valence-electron chi connectivity index (χ4n) is 1.47. The molecule has 126 valence electrons. The minimum absolute atomic E-state index is 0. The van der Waals surface area contributed by atoms with Crippen LogP contribution in [0.3, 0.4) is 0 Å². The number of nitrogens with zero attached hydrogens (tertiary/aromatic N) is 2. The number of ether oxygens (including phenoxy) is 1. The average Bonchev–Trinajstić information content (AvgIpc) is 2.55. The number of rotatable bonds is 11. The number of hydroxylamine groups is 1. The van der Waals surface area contributed by atoms with E-state index in [1.807, 2.05) is 30.3 Å². The zero-order valence-corrected chi connectivity index (χ0v) is 13.5. The van der Waals surface area contributed by atoms with Gasteiger partial charge in [-0.05, 0) is 5.56 Å². The van der Waals surface area contributed by atoms with E-state index in [0.717, 1.165) is 10.7 Å². The monoisotopic (exact) mass is 341 g/mol. The van der Waals surface area contributed by atoms with Crippen molar-refractivity contribution >= 4 is 24.5 Å². The summed E-state index contributed by atoms with van der Waals surface area (Å²) in [5, 5.41) is 7.41. The normalized spacial score (nSPS) is 9.22. The molecule has 0 atom stereocenters. The van der Waals surface area contributed by atoms with Crippen LogP contribution in [-0.2, 0) is 25.8 Å². The molecule has 0 saturated heterocycles. The number of nitrogens with one attached hydrogen (secondary N) is 1. The Morgan fingerprint density at radius 3 is 2.78 bits per heavy atom. The third-order valence-electron chi connectivity index (χ3n) is 2.49. The molecule has 0 fully saturated rings. The van der Waals surface area contributed by atoms with E-state index in [0.29, 0.717) is 6.54 Å². The van der Waals surface area contributed by atoms with E-state index < -0.39 is 0 Å². The number of isocyanates is 1. The molecule has 0 aliphatic heterocycles. The number of hydrogen-bond acceptors (Lipinski definition) is 7. The van der Waals surface area contributed by atoms with Crippen LogP contribution < -0.4 is 5.32 Å². The van der Waals surface area contributed by atoms with Gasteiger partial charge in [-0.1, -0.05) is 48.1 Å². The molecule has 0 heterocycles. The molecule has 0 bridgehead atoms. The van der Waals surface area contributed by atoms with E-state index in [1.165, 1.54) is 12.2 Å². The molecule has 0 saturated carbocycles. The highest BCUT2D eigenvalue weighted by molar-refractivity contribution is 5.85. The van der Waals surface area contributed by atoms with Crippen LogP contribution in [0.25, 0.3) is 0 Å². The van der Waals surface area contributed by atoms with Crippen LogP contribution in [0.2, 0.25) is 0 Å². The molecule has 7 nitrogen and oxygen atoms in total. The quantitative estimate of drug-likeness (QED) is 0.126. The second-order valence-electron chi connectivity index (χ2n) is 4.18. The summed E-state index contributed by atoms with van der Waals surface area (Å²) in [6.45, 7) is 4.44. The first-order valence-electron chi connectivity index (χ1n) is 6.75. The molecule has 0 unspecified atom stereocenters. The summed E-state index contributed by atoms with van der Waals surface area (Å²) in [4.78, 5) is 27.0. The maximum Gasteiger partial charge on any atom is 0.307 e. The third kappa shape index (κ3) is 10.2. The van der Waals surface area contributed by atoms with Gasteiger partial charge >= 0.3 is 5.97 Å². The number of hydrogen-bond donors (Lipinski definition) is 1. The van der Waals surface area contributed by atoms with E-state index in [9.17, 15) is 9.59 Å². The largest absolute Gasteiger partial charge is 0.461 e. The molecule has 0 aromatic heterocycles. The zero-order valence-electron chi connectivity index (χ0n) is 12.6. The minimum Gasteiger partial charge on any atom is -0.461 e. The molecule has 1 N–H and O–H groups in total. The van der Waals surface area contributed by atoms with E-state index in [1.54, 1.807) is 0 Å². The smallest absolute Gasteiger partial charge is 0.307 e. The molecular weight excluding hydrogens is 322 g/mol. The Balaban J connectivity index is 0.00000484. The van der Waals surface area contributed by atoms with Gasteiger partial charge in [0.05, 0.1) is 6.42 Å². The highest BCUT2D eigenvalue weighted by atomic mass is 35.5. The van der Waals surface area contributed by atoms with Crippen LogP contribution in [0.4, 0.5) is 0 Å². The molecule has 1 aromatic carbocycles. The number of hydrazone groups is 1. The molecule has 0 amide bonds. The Labute approximate surface area is 141 Å². The van der Waals surface area contributed by atoms with Gasteiger partial charge in [0.25, 0.3) is 6.08 Å². The van der Waals surface area contributed by atoms with Gasteiger partial charge in [0.1, 0.15) is 19.9 Å². The number of esters is 1. The molecule has 23 heavy (non-hydrogen) atoms. The Morgan fingerprint density at radius 2 is 2.13 bits per heavy atom. The number of benzene rings is 1. The summed E-state index contributed by atoms with van der Waals surface area (Å²) < 4.78 is 4.82.